The molecular formula is C19H31NO5S. The van der Waals surface area contributed by atoms with Crippen LogP contribution in [0.2, 0.25) is 0 Å². The van der Waals surface area contributed by atoms with Gasteiger partial charge in [0.1, 0.15) is 0 Å². The molecule has 0 aromatic heterocycles. The number of likely N-dealkylation sites (tertiary alicyclic amines) is 1. The number of aliphatic hydroxyl groups is 1. The second kappa shape index (κ2) is 9.80. The van der Waals surface area contributed by atoms with Crippen molar-refractivity contribution in [1.82, 2.24) is 4.90 Å². The first-order valence-electron chi connectivity index (χ1n) is 9.49. The lowest BCUT2D eigenvalue weighted by Crippen LogP contribution is -2.39. The molecule has 3 rings (SSSR count). The van der Waals surface area contributed by atoms with Crippen LogP contribution in [0.4, 0.5) is 0 Å². The molecule has 1 aromatic carbocycles. The quantitative estimate of drug-likeness (QED) is 0.673. The Balaban J connectivity index is 0.000000431. The van der Waals surface area contributed by atoms with Crippen molar-refractivity contribution in [3.8, 4) is 0 Å². The van der Waals surface area contributed by atoms with Crippen LogP contribution in [-0.2, 0) is 16.0 Å². The van der Waals surface area contributed by atoms with Crippen LogP contribution in [0.25, 0.3) is 0 Å². The van der Waals surface area contributed by atoms with E-state index in [2.05, 4.69) is 29.2 Å². The summed E-state index contributed by atoms with van der Waals surface area (Å²) in [6.07, 6.45) is 9.82. The van der Waals surface area contributed by atoms with Gasteiger partial charge in [0.05, 0.1) is 5.60 Å². The molecule has 0 bridgehead atoms. The predicted molar refractivity (Wildman–Crippen MR) is 101 cm³/mol. The highest BCUT2D eigenvalue weighted by Crippen LogP contribution is 2.41. The highest BCUT2D eigenvalue weighted by atomic mass is 32.3. The summed E-state index contributed by atoms with van der Waals surface area (Å²) in [7, 11) is -4.67. The van der Waals surface area contributed by atoms with Crippen molar-refractivity contribution in [3.63, 3.8) is 0 Å². The van der Waals surface area contributed by atoms with Crippen molar-refractivity contribution in [2.45, 2.75) is 57.0 Å². The SMILES string of the molecule is O=S(=O)(O)O.OC(CCN1CCCC1)(c1ccccc1)C1CCCCC1. The Morgan fingerprint density at radius 1 is 0.962 bits per heavy atom. The molecule has 1 saturated carbocycles. The van der Waals surface area contributed by atoms with Gasteiger partial charge in [0.15, 0.2) is 0 Å². The van der Waals surface area contributed by atoms with Crippen molar-refractivity contribution >= 4 is 10.4 Å². The van der Waals surface area contributed by atoms with E-state index in [1.165, 1.54) is 58.0 Å². The van der Waals surface area contributed by atoms with Crippen LogP contribution in [0.5, 0.6) is 0 Å². The number of rotatable bonds is 5. The zero-order valence-corrected chi connectivity index (χ0v) is 16.1. The van der Waals surface area contributed by atoms with Gasteiger partial charge in [-0.15, -0.1) is 0 Å². The number of hydrogen-bond acceptors (Lipinski definition) is 4. The Labute approximate surface area is 156 Å². The van der Waals surface area contributed by atoms with Crippen LogP contribution in [0, 0.1) is 5.92 Å². The van der Waals surface area contributed by atoms with Crippen molar-refractivity contribution in [1.29, 1.82) is 0 Å². The average Bonchev–Trinajstić information content (AvgIpc) is 3.13. The zero-order chi connectivity index (χ0) is 19.0. The fourth-order valence-corrected chi connectivity index (χ4v) is 4.23. The molecule has 1 aliphatic heterocycles. The van der Waals surface area contributed by atoms with Crippen molar-refractivity contribution in [3.05, 3.63) is 35.9 Å². The molecule has 1 saturated heterocycles. The molecule has 6 nitrogen and oxygen atoms in total. The lowest BCUT2D eigenvalue weighted by atomic mass is 9.71. The van der Waals surface area contributed by atoms with E-state index >= 15 is 0 Å². The van der Waals surface area contributed by atoms with E-state index in [9.17, 15) is 5.11 Å². The van der Waals surface area contributed by atoms with Crippen LogP contribution in [-0.4, -0.2) is 47.2 Å². The molecule has 0 spiro atoms. The second-order valence-corrected chi connectivity index (χ2v) is 8.27. The normalized spacial score (nSPS) is 21.7. The monoisotopic (exact) mass is 385 g/mol. The molecular weight excluding hydrogens is 354 g/mol. The Bertz CT molecular complexity index is 617. The first-order chi connectivity index (χ1) is 12.3. The first-order valence-corrected chi connectivity index (χ1v) is 10.9. The summed E-state index contributed by atoms with van der Waals surface area (Å²) < 4.78 is 31.6. The third-order valence-corrected chi connectivity index (χ3v) is 5.56. The van der Waals surface area contributed by atoms with Crippen LogP contribution >= 0.6 is 0 Å². The van der Waals surface area contributed by atoms with E-state index < -0.39 is 16.0 Å². The Kier molecular flexibility index (Phi) is 8.04. The van der Waals surface area contributed by atoms with E-state index in [4.69, 9.17) is 17.5 Å². The standard InChI is InChI=1S/C19H29NO.H2O4S/c21-19(17-9-3-1-4-10-17,18-11-5-2-6-12-18)13-16-20-14-7-8-15-20;1-5(2,3)4/h1,3-4,9-10,18,21H,2,5-8,11-16H2;(H2,1,2,3,4). The zero-order valence-electron chi connectivity index (χ0n) is 15.3. The highest BCUT2D eigenvalue weighted by Gasteiger charge is 2.38. The van der Waals surface area contributed by atoms with Gasteiger partial charge in [-0.1, -0.05) is 49.6 Å². The van der Waals surface area contributed by atoms with Crippen LogP contribution in [0.1, 0.15) is 56.9 Å². The molecule has 0 radical (unpaired) electrons. The topological polar surface area (TPSA) is 98.1 Å². The van der Waals surface area contributed by atoms with E-state index in [0.717, 1.165) is 18.5 Å². The minimum Gasteiger partial charge on any atom is -0.385 e. The Hall–Kier alpha value is -0.990. The molecule has 3 N–H and O–H groups in total. The Morgan fingerprint density at radius 2 is 1.50 bits per heavy atom. The van der Waals surface area contributed by atoms with Gasteiger partial charge in [0, 0.05) is 6.54 Å². The fourth-order valence-electron chi connectivity index (χ4n) is 4.23. The number of nitrogens with zero attached hydrogens (tertiary/aromatic N) is 1. The summed E-state index contributed by atoms with van der Waals surface area (Å²) in [5, 5.41) is 11.5. The maximum Gasteiger partial charge on any atom is 0.394 e. The maximum atomic E-state index is 11.5. The molecule has 1 atom stereocenters. The van der Waals surface area contributed by atoms with Gasteiger partial charge >= 0.3 is 10.4 Å². The predicted octanol–water partition coefficient (Wildman–Crippen LogP) is 3.29. The summed E-state index contributed by atoms with van der Waals surface area (Å²) in [5.74, 6) is 0.441. The Morgan fingerprint density at radius 3 is 2.04 bits per heavy atom. The molecule has 7 heteroatoms. The van der Waals surface area contributed by atoms with Gasteiger partial charge in [-0.3, -0.25) is 9.11 Å². The molecule has 1 aromatic rings. The van der Waals surface area contributed by atoms with Gasteiger partial charge in [-0.05, 0) is 56.7 Å². The van der Waals surface area contributed by atoms with E-state index in [1.54, 1.807) is 0 Å². The van der Waals surface area contributed by atoms with Gasteiger partial charge in [-0.2, -0.15) is 8.42 Å². The van der Waals surface area contributed by atoms with Crippen LogP contribution < -0.4 is 0 Å². The summed E-state index contributed by atoms with van der Waals surface area (Å²) in [6, 6.07) is 10.4. The molecule has 26 heavy (non-hydrogen) atoms. The first kappa shape index (κ1) is 21.3. The summed E-state index contributed by atoms with van der Waals surface area (Å²) >= 11 is 0. The lowest BCUT2D eigenvalue weighted by molar-refractivity contribution is -0.0510. The lowest BCUT2D eigenvalue weighted by Gasteiger charge is -2.40. The highest BCUT2D eigenvalue weighted by molar-refractivity contribution is 7.79. The summed E-state index contributed by atoms with van der Waals surface area (Å²) in [4.78, 5) is 2.52. The second-order valence-electron chi connectivity index (χ2n) is 7.37. The molecule has 148 valence electrons. The molecule has 1 heterocycles. The van der Waals surface area contributed by atoms with Crippen LogP contribution in [0.3, 0.4) is 0 Å². The largest absolute Gasteiger partial charge is 0.394 e. The molecule has 1 aliphatic carbocycles. The average molecular weight is 386 g/mol. The minimum atomic E-state index is -4.67. The van der Waals surface area contributed by atoms with Gasteiger partial charge in [0.25, 0.3) is 0 Å². The maximum absolute atomic E-state index is 11.5. The van der Waals surface area contributed by atoms with E-state index in [-0.39, 0.29) is 0 Å². The molecule has 1 unspecified atom stereocenters. The smallest absolute Gasteiger partial charge is 0.385 e. The van der Waals surface area contributed by atoms with Crippen molar-refractivity contribution in [2.24, 2.45) is 5.92 Å². The summed E-state index contributed by atoms with van der Waals surface area (Å²) in [5.41, 5.74) is 0.515. The van der Waals surface area contributed by atoms with Gasteiger partial charge in [0.2, 0.25) is 0 Å². The fraction of sp³-hybridized carbons (Fsp3) is 0.684. The van der Waals surface area contributed by atoms with Crippen LogP contribution in [0.15, 0.2) is 30.3 Å². The summed E-state index contributed by atoms with van der Waals surface area (Å²) in [6.45, 7) is 3.48. The van der Waals surface area contributed by atoms with Gasteiger partial charge < -0.3 is 10.0 Å². The third-order valence-electron chi connectivity index (χ3n) is 5.56. The van der Waals surface area contributed by atoms with Crippen molar-refractivity contribution in [2.75, 3.05) is 19.6 Å². The van der Waals surface area contributed by atoms with Crippen molar-refractivity contribution < 1.29 is 22.6 Å². The number of benzene rings is 1. The van der Waals surface area contributed by atoms with Gasteiger partial charge in [-0.25, -0.2) is 0 Å². The minimum absolute atomic E-state index is 0.441. The van der Waals surface area contributed by atoms with E-state index in [1.807, 2.05) is 6.07 Å². The molecule has 2 fully saturated rings. The van der Waals surface area contributed by atoms with E-state index in [0.29, 0.717) is 5.92 Å². The third kappa shape index (κ3) is 6.96. The molecule has 2 aliphatic rings. The number of hydrogen-bond donors (Lipinski definition) is 3. The molecule has 0 amide bonds.